The molecule has 1 aliphatic carbocycles. The summed E-state index contributed by atoms with van der Waals surface area (Å²) in [6, 6.07) is 6.66. The van der Waals surface area contributed by atoms with E-state index in [1.807, 2.05) is 0 Å². The van der Waals surface area contributed by atoms with Crippen molar-refractivity contribution in [1.29, 1.82) is 0 Å². The van der Waals surface area contributed by atoms with Gasteiger partial charge in [0.2, 0.25) is 0 Å². The lowest BCUT2D eigenvalue weighted by Gasteiger charge is -2.24. The van der Waals surface area contributed by atoms with Crippen LogP contribution in [0, 0.1) is 0 Å². The van der Waals surface area contributed by atoms with E-state index in [-0.39, 0.29) is 5.60 Å². The second-order valence-electron chi connectivity index (χ2n) is 5.79. The number of hydrogen-bond acceptors (Lipinski definition) is 2. The minimum Gasteiger partial charge on any atom is -0.385 e. The summed E-state index contributed by atoms with van der Waals surface area (Å²) in [5.74, 6) is 0. The van der Waals surface area contributed by atoms with Crippen LogP contribution in [0.5, 0.6) is 0 Å². The number of methoxy groups -OCH3 is 1. The highest BCUT2D eigenvalue weighted by molar-refractivity contribution is 5.55. The van der Waals surface area contributed by atoms with Gasteiger partial charge in [0, 0.05) is 19.3 Å². The zero-order chi connectivity index (χ0) is 13.0. The highest BCUT2D eigenvalue weighted by Crippen LogP contribution is 2.28. The molecular formula is C16H25NO. The van der Waals surface area contributed by atoms with Crippen molar-refractivity contribution in [2.24, 2.45) is 0 Å². The molecule has 100 valence electrons. The third kappa shape index (κ3) is 3.26. The van der Waals surface area contributed by atoms with Gasteiger partial charge in [-0.3, -0.25) is 0 Å². The van der Waals surface area contributed by atoms with Gasteiger partial charge in [-0.15, -0.1) is 0 Å². The fourth-order valence-corrected chi connectivity index (χ4v) is 2.55. The average Bonchev–Trinajstić information content (AvgIpc) is 2.39. The smallest absolute Gasteiger partial charge is 0.0639 e. The molecule has 0 saturated heterocycles. The van der Waals surface area contributed by atoms with Crippen LogP contribution in [0.25, 0.3) is 0 Å². The molecular weight excluding hydrogens is 222 g/mol. The van der Waals surface area contributed by atoms with Gasteiger partial charge in [0.1, 0.15) is 0 Å². The number of rotatable bonds is 5. The predicted octanol–water partition coefficient (Wildman–Crippen LogP) is 3.79. The molecule has 1 aromatic carbocycles. The first kappa shape index (κ1) is 13.4. The molecule has 2 rings (SSSR count). The lowest BCUT2D eigenvalue weighted by Crippen LogP contribution is -2.26. The molecule has 1 aromatic rings. The summed E-state index contributed by atoms with van der Waals surface area (Å²) in [4.78, 5) is 0. The Labute approximate surface area is 111 Å². The van der Waals surface area contributed by atoms with Crippen LogP contribution in [0.3, 0.4) is 0 Å². The minimum atomic E-state index is -0.0398. The van der Waals surface area contributed by atoms with Gasteiger partial charge in [0.25, 0.3) is 0 Å². The van der Waals surface area contributed by atoms with Gasteiger partial charge < -0.3 is 10.1 Å². The van der Waals surface area contributed by atoms with E-state index in [4.69, 9.17) is 4.74 Å². The number of nitrogens with one attached hydrogen (secondary N) is 1. The predicted molar refractivity (Wildman–Crippen MR) is 77.3 cm³/mol. The van der Waals surface area contributed by atoms with Gasteiger partial charge in [-0.25, -0.2) is 0 Å². The number of anilines is 1. The maximum atomic E-state index is 5.45. The van der Waals surface area contributed by atoms with E-state index in [0.717, 1.165) is 13.0 Å². The molecule has 2 heteroatoms. The van der Waals surface area contributed by atoms with Crippen molar-refractivity contribution >= 4 is 5.69 Å². The Balaban J connectivity index is 1.97. The number of fused-ring (bicyclic) bond motifs is 1. The van der Waals surface area contributed by atoms with Gasteiger partial charge in [-0.05, 0) is 63.1 Å². The van der Waals surface area contributed by atoms with Crippen LogP contribution in [0.2, 0.25) is 0 Å². The van der Waals surface area contributed by atoms with Crippen molar-refractivity contribution in [3.05, 3.63) is 29.3 Å². The molecule has 0 fully saturated rings. The minimum absolute atomic E-state index is 0.0398. The van der Waals surface area contributed by atoms with Gasteiger partial charge in [0.05, 0.1) is 5.60 Å². The molecule has 1 N–H and O–H groups in total. The molecule has 0 bridgehead atoms. The van der Waals surface area contributed by atoms with Crippen LogP contribution in [0.4, 0.5) is 5.69 Å². The van der Waals surface area contributed by atoms with Crippen LogP contribution >= 0.6 is 0 Å². The van der Waals surface area contributed by atoms with Gasteiger partial charge in [-0.1, -0.05) is 12.1 Å². The van der Waals surface area contributed by atoms with Crippen molar-refractivity contribution in [2.45, 2.75) is 51.6 Å². The second-order valence-corrected chi connectivity index (χ2v) is 5.79. The number of ether oxygens (including phenoxy) is 1. The molecule has 0 atom stereocenters. The Kier molecular flexibility index (Phi) is 4.28. The second kappa shape index (κ2) is 5.75. The summed E-state index contributed by atoms with van der Waals surface area (Å²) >= 11 is 0. The maximum Gasteiger partial charge on any atom is 0.0639 e. The zero-order valence-corrected chi connectivity index (χ0v) is 11.9. The van der Waals surface area contributed by atoms with Crippen molar-refractivity contribution in [2.75, 3.05) is 19.0 Å². The highest BCUT2D eigenvalue weighted by atomic mass is 16.5. The number of hydrogen-bond donors (Lipinski definition) is 1. The van der Waals surface area contributed by atoms with E-state index in [9.17, 15) is 0 Å². The van der Waals surface area contributed by atoms with E-state index in [2.05, 4.69) is 37.4 Å². The Morgan fingerprint density at radius 1 is 1.22 bits per heavy atom. The van der Waals surface area contributed by atoms with Crippen LogP contribution in [-0.2, 0) is 17.6 Å². The standard InChI is InChI=1S/C16H25NO/c1-16(2,18-3)11-12-17-15-10-6-8-13-7-4-5-9-14(13)15/h6,8,10,17H,4-5,7,9,11-12H2,1-3H3. The van der Waals surface area contributed by atoms with Crippen LogP contribution < -0.4 is 5.32 Å². The maximum absolute atomic E-state index is 5.45. The Morgan fingerprint density at radius 2 is 2.00 bits per heavy atom. The van der Waals surface area contributed by atoms with Crippen LogP contribution in [0.1, 0.15) is 44.2 Å². The van der Waals surface area contributed by atoms with Crippen LogP contribution in [-0.4, -0.2) is 19.3 Å². The van der Waals surface area contributed by atoms with Gasteiger partial charge in [0.15, 0.2) is 0 Å². The van der Waals surface area contributed by atoms with E-state index in [0.29, 0.717) is 0 Å². The van der Waals surface area contributed by atoms with E-state index < -0.39 is 0 Å². The first-order valence-electron chi connectivity index (χ1n) is 7.02. The molecule has 0 radical (unpaired) electrons. The molecule has 0 heterocycles. The van der Waals surface area contributed by atoms with Crippen molar-refractivity contribution in [3.8, 4) is 0 Å². The first-order chi connectivity index (χ1) is 8.62. The summed E-state index contributed by atoms with van der Waals surface area (Å²) in [5.41, 5.74) is 4.37. The lowest BCUT2D eigenvalue weighted by molar-refractivity contribution is 0.0185. The molecule has 0 aromatic heterocycles. The monoisotopic (exact) mass is 247 g/mol. The fourth-order valence-electron chi connectivity index (χ4n) is 2.55. The Morgan fingerprint density at radius 3 is 2.78 bits per heavy atom. The average molecular weight is 247 g/mol. The van der Waals surface area contributed by atoms with Crippen LogP contribution in [0.15, 0.2) is 18.2 Å². The summed E-state index contributed by atoms with van der Waals surface area (Å²) < 4.78 is 5.45. The molecule has 0 aliphatic heterocycles. The summed E-state index contributed by atoms with van der Waals surface area (Å²) in [7, 11) is 1.78. The third-order valence-corrected chi connectivity index (χ3v) is 3.99. The quantitative estimate of drug-likeness (QED) is 0.854. The molecule has 0 amide bonds. The Hall–Kier alpha value is -1.02. The molecule has 0 saturated carbocycles. The summed E-state index contributed by atoms with van der Waals surface area (Å²) in [6.45, 7) is 5.24. The normalized spacial score (nSPS) is 15.3. The topological polar surface area (TPSA) is 21.3 Å². The summed E-state index contributed by atoms with van der Waals surface area (Å²) in [5, 5.41) is 3.58. The molecule has 2 nitrogen and oxygen atoms in total. The van der Waals surface area contributed by atoms with Crippen molar-refractivity contribution < 1.29 is 4.74 Å². The summed E-state index contributed by atoms with van der Waals surface area (Å²) in [6.07, 6.45) is 6.16. The zero-order valence-electron chi connectivity index (χ0n) is 11.9. The third-order valence-electron chi connectivity index (χ3n) is 3.99. The highest BCUT2D eigenvalue weighted by Gasteiger charge is 2.16. The fraction of sp³-hybridized carbons (Fsp3) is 0.625. The molecule has 18 heavy (non-hydrogen) atoms. The molecule has 0 spiro atoms. The van der Waals surface area contributed by atoms with E-state index in [1.165, 1.54) is 36.9 Å². The number of aryl methyl sites for hydroxylation is 1. The molecule has 0 unspecified atom stereocenters. The van der Waals surface area contributed by atoms with E-state index in [1.54, 1.807) is 12.7 Å². The van der Waals surface area contributed by atoms with Gasteiger partial charge >= 0.3 is 0 Å². The lowest BCUT2D eigenvalue weighted by atomic mass is 9.90. The SMILES string of the molecule is COC(C)(C)CCNc1cccc2c1CCCC2. The van der Waals surface area contributed by atoms with Gasteiger partial charge in [-0.2, -0.15) is 0 Å². The van der Waals surface area contributed by atoms with E-state index >= 15 is 0 Å². The van der Waals surface area contributed by atoms with Crippen molar-refractivity contribution in [1.82, 2.24) is 0 Å². The van der Waals surface area contributed by atoms with Crippen molar-refractivity contribution in [3.63, 3.8) is 0 Å². The first-order valence-corrected chi connectivity index (χ1v) is 7.02. The molecule has 1 aliphatic rings. The number of benzene rings is 1. The largest absolute Gasteiger partial charge is 0.385 e. The Bertz CT molecular complexity index is 398.